The molecular weight excluding hydrogens is 320 g/mol. The van der Waals surface area contributed by atoms with Crippen molar-refractivity contribution in [3.8, 4) is 0 Å². The van der Waals surface area contributed by atoms with Gasteiger partial charge in [0.05, 0.1) is 6.04 Å². The molecule has 1 aliphatic heterocycles. The first-order valence-electron chi connectivity index (χ1n) is 8.96. The molecule has 0 spiro atoms. The predicted octanol–water partition coefficient (Wildman–Crippen LogP) is 3.97. The van der Waals surface area contributed by atoms with E-state index >= 15 is 0 Å². The summed E-state index contributed by atoms with van der Waals surface area (Å²) in [5.74, 6) is 0.475. The molecule has 1 N–H and O–H groups in total. The first kappa shape index (κ1) is 19.0. The number of carbonyl (C=O) groups is 2. The molecule has 0 saturated carbocycles. The van der Waals surface area contributed by atoms with Gasteiger partial charge in [-0.2, -0.15) is 0 Å². The summed E-state index contributed by atoms with van der Waals surface area (Å²) in [6, 6.07) is 1.77. The van der Waals surface area contributed by atoms with E-state index in [9.17, 15) is 9.59 Å². The summed E-state index contributed by atoms with van der Waals surface area (Å²) in [4.78, 5) is 29.5. The van der Waals surface area contributed by atoms with Crippen molar-refractivity contribution in [2.45, 2.75) is 72.4 Å². The van der Waals surface area contributed by atoms with Crippen LogP contribution in [0.15, 0.2) is 6.07 Å². The van der Waals surface area contributed by atoms with E-state index in [2.05, 4.69) is 39.1 Å². The van der Waals surface area contributed by atoms with Gasteiger partial charge in [0.15, 0.2) is 0 Å². The SMILES string of the molecule is Cc1cc([C@H](C)NC(=O)[C@H](CC(C)C)N2CCCCC2=O)c(C)s1. The topological polar surface area (TPSA) is 49.4 Å². The zero-order valence-electron chi connectivity index (χ0n) is 15.5. The van der Waals surface area contributed by atoms with Crippen LogP contribution in [0.5, 0.6) is 0 Å². The number of nitrogens with zero attached hydrogens (tertiary/aromatic N) is 1. The number of amides is 2. The second kappa shape index (κ2) is 8.15. The Morgan fingerprint density at radius 2 is 2.00 bits per heavy atom. The van der Waals surface area contributed by atoms with Crippen LogP contribution in [0.1, 0.15) is 67.8 Å². The van der Waals surface area contributed by atoms with E-state index in [1.54, 1.807) is 16.2 Å². The first-order chi connectivity index (χ1) is 11.3. The van der Waals surface area contributed by atoms with Crippen LogP contribution in [-0.2, 0) is 9.59 Å². The summed E-state index contributed by atoms with van der Waals surface area (Å²) < 4.78 is 0. The summed E-state index contributed by atoms with van der Waals surface area (Å²) in [5.41, 5.74) is 1.18. The van der Waals surface area contributed by atoms with Crippen LogP contribution in [-0.4, -0.2) is 29.3 Å². The highest BCUT2D eigenvalue weighted by molar-refractivity contribution is 7.12. The minimum Gasteiger partial charge on any atom is -0.348 e. The van der Waals surface area contributed by atoms with Crippen LogP contribution >= 0.6 is 11.3 Å². The molecule has 0 aliphatic carbocycles. The highest BCUT2D eigenvalue weighted by Gasteiger charge is 2.32. The molecule has 1 aromatic rings. The fourth-order valence-corrected chi connectivity index (χ4v) is 4.47. The standard InChI is InChI=1S/C19H30N2O2S/c1-12(2)10-17(21-9-7-6-8-18(21)22)19(23)20-14(4)16-11-13(3)24-15(16)5/h11-12,14,17H,6-10H2,1-5H3,(H,20,23)/t14-,17-/m0/s1. The molecule has 1 aliphatic rings. The summed E-state index contributed by atoms with van der Waals surface area (Å²) in [7, 11) is 0. The van der Waals surface area contributed by atoms with E-state index in [4.69, 9.17) is 0 Å². The van der Waals surface area contributed by atoms with Gasteiger partial charge in [0.1, 0.15) is 6.04 Å². The second-order valence-corrected chi connectivity index (χ2v) is 8.75. The highest BCUT2D eigenvalue weighted by Crippen LogP contribution is 2.27. The van der Waals surface area contributed by atoms with Crippen molar-refractivity contribution in [3.05, 3.63) is 21.4 Å². The number of rotatable bonds is 6. The molecule has 2 amide bonds. The normalized spacial score (nSPS) is 17.9. The molecule has 0 bridgehead atoms. The summed E-state index contributed by atoms with van der Waals surface area (Å²) >= 11 is 1.76. The van der Waals surface area contributed by atoms with Gasteiger partial charge >= 0.3 is 0 Å². The molecule has 24 heavy (non-hydrogen) atoms. The van der Waals surface area contributed by atoms with Crippen molar-refractivity contribution >= 4 is 23.2 Å². The number of hydrogen-bond donors (Lipinski definition) is 1. The van der Waals surface area contributed by atoms with Crippen LogP contribution in [0, 0.1) is 19.8 Å². The Morgan fingerprint density at radius 1 is 1.29 bits per heavy atom. The van der Waals surface area contributed by atoms with Crippen molar-refractivity contribution in [2.75, 3.05) is 6.54 Å². The highest BCUT2D eigenvalue weighted by atomic mass is 32.1. The number of piperidine rings is 1. The summed E-state index contributed by atoms with van der Waals surface area (Å²) in [6.45, 7) is 11.1. The Balaban J connectivity index is 2.12. The molecule has 4 nitrogen and oxygen atoms in total. The Hall–Kier alpha value is -1.36. The zero-order valence-corrected chi connectivity index (χ0v) is 16.3. The van der Waals surface area contributed by atoms with Gasteiger partial charge in [-0.15, -0.1) is 11.3 Å². The maximum absolute atomic E-state index is 12.9. The summed E-state index contributed by atoms with van der Waals surface area (Å²) in [6.07, 6.45) is 3.22. The zero-order chi connectivity index (χ0) is 17.9. The molecular formula is C19H30N2O2S. The molecule has 2 rings (SSSR count). The molecule has 2 heterocycles. The number of thiophene rings is 1. The minimum absolute atomic E-state index is 0.0188. The maximum Gasteiger partial charge on any atom is 0.243 e. The van der Waals surface area contributed by atoms with Gasteiger partial charge in [0.2, 0.25) is 11.8 Å². The monoisotopic (exact) mass is 350 g/mol. The fourth-order valence-electron chi connectivity index (χ4n) is 3.45. The molecule has 0 unspecified atom stereocenters. The van der Waals surface area contributed by atoms with Gasteiger partial charge in [-0.05, 0) is 57.6 Å². The van der Waals surface area contributed by atoms with Gasteiger partial charge in [-0.1, -0.05) is 13.8 Å². The molecule has 5 heteroatoms. The van der Waals surface area contributed by atoms with Gasteiger partial charge < -0.3 is 10.2 Å². The fraction of sp³-hybridized carbons (Fsp3) is 0.684. The van der Waals surface area contributed by atoms with Crippen LogP contribution in [0.25, 0.3) is 0 Å². The van der Waals surface area contributed by atoms with Gasteiger partial charge in [-0.25, -0.2) is 0 Å². The van der Waals surface area contributed by atoms with E-state index in [1.165, 1.54) is 15.3 Å². The molecule has 0 radical (unpaired) electrons. The Kier molecular flexibility index (Phi) is 6.44. The van der Waals surface area contributed by atoms with Gasteiger partial charge in [0.25, 0.3) is 0 Å². The lowest BCUT2D eigenvalue weighted by Gasteiger charge is -2.35. The van der Waals surface area contributed by atoms with Crippen molar-refractivity contribution in [1.29, 1.82) is 0 Å². The van der Waals surface area contributed by atoms with Crippen molar-refractivity contribution in [3.63, 3.8) is 0 Å². The Morgan fingerprint density at radius 3 is 2.54 bits per heavy atom. The van der Waals surface area contributed by atoms with Crippen LogP contribution < -0.4 is 5.32 Å². The number of carbonyl (C=O) groups excluding carboxylic acids is 2. The Bertz CT molecular complexity index is 594. The van der Waals surface area contributed by atoms with Crippen molar-refractivity contribution < 1.29 is 9.59 Å². The molecule has 0 aromatic carbocycles. The van der Waals surface area contributed by atoms with Crippen molar-refractivity contribution in [1.82, 2.24) is 10.2 Å². The largest absolute Gasteiger partial charge is 0.348 e. The van der Waals surface area contributed by atoms with Gasteiger partial charge in [-0.3, -0.25) is 9.59 Å². The lowest BCUT2D eigenvalue weighted by atomic mass is 9.98. The smallest absolute Gasteiger partial charge is 0.243 e. The van der Waals surface area contributed by atoms with Crippen LogP contribution in [0.2, 0.25) is 0 Å². The Labute approximate surface area is 149 Å². The van der Waals surface area contributed by atoms with Crippen LogP contribution in [0.3, 0.4) is 0 Å². The number of aryl methyl sites for hydroxylation is 2. The first-order valence-corrected chi connectivity index (χ1v) is 9.78. The third-order valence-electron chi connectivity index (χ3n) is 4.64. The van der Waals surface area contributed by atoms with Crippen LogP contribution in [0.4, 0.5) is 0 Å². The molecule has 134 valence electrons. The number of likely N-dealkylation sites (tertiary alicyclic amines) is 1. The number of hydrogen-bond acceptors (Lipinski definition) is 3. The second-order valence-electron chi connectivity index (χ2n) is 7.29. The van der Waals surface area contributed by atoms with E-state index in [0.717, 1.165) is 12.8 Å². The van der Waals surface area contributed by atoms with E-state index < -0.39 is 0 Å². The maximum atomic E-state index is 12.9. The minimum atomic E-state index is -0.347. The van der Waals surface area contributed by atoms with E-state index in [0.29, 0.717) is 25.3 Å². The average molecular weight is 351 g/mol. The summed E-state index contributed by atoms with van der Waals surface area (Å²) in [5, 5.41) is 3.15. The third kappa shape index (κ3) is 4.59. The molecule has 1 saturated heterocycles. The van der Waals surface area contributed by atoms with E-state index in [-0.39, 0.29) is 23.9 Å². The van der Waals surface area contributed by atoms with Gasteiger partial charge in [0, 0.05) is 22.7 Å². The van der Waals surface area contributed by atoms with Crippen molar-refractivity contribution in [2.24, 2.45) is 5.92 Å². The molecule has 1 fully saturated rings. The third-order valence-corrected chi connectivity index (χ3v) is 5.62. The predicted molar refractivity (Wildman–Crippen MR) is 99.2 cm³/mol. The van der Waals surface area contributed by atoms with E-state index in [1.807, 2.05) is 6.92 Å². The number of nitrogens with one attached hydrogen (secondary N) is 1. The lowest BCUT2D eigenvalue weighted by Crippen LogP contribution is -2.52. The molecule has 2 atom stereocenters. The molecule has 1 aromatic heterocycles. The lowest BCUT2D eigenvalue weighted by molar-refractivity contribution is -0.143. The quantitative estimate of drug-likeness (QED) is 0.844. The average Bonchev–Trinajstić information content (AvgIpc) is 2.84.